The molecule has 1 aliphatic carbocycles. The molecule has 0 unspecified atom stereocenters. The van der Waals surface area contributed by atoms with Gasteiger partial charge in [0.05, 0.1) is 0 Å². The summed E-state index contributed by atoms with van der Waals surface area (Å²) in [6.45, 7) is 13.5. The Balaban J connectivity index is 2.73. The summed E-state index contributed by atoms with van der Waals surface area (Å²) in [5, 5.41) is 2.76. The molecule has 2 nitrogen and oxygen atoms in total. The quantitative estimate of drug-likeness (QED) is 0.495. The number of amides is 1. The third kappa shape index (κ3) is 6.74. The van der Waals surface area contributed by atoms with Crippen molar-refractivity contribution in [2.75, 3.05) is 6.54 Å². The lowest BCUT2D eigenvalue weighted by molar-refractivity contribution is -0.116. The highest BCUT2D eigenvalue weighted by Gasteiger charge is 2.26. The summed E-state index contributed by atoms with van der Waals surface area (Å²) < 4.78 is 0. The Bertz CT molecular complexity index is 597. The van der Waals surface area contributed by atoms with Crippen LogP contribution < -0.4 is 5.32 Å². The van der Waals surface area contributed by atoms with Crippen LogP contribution in [-0.4, -0.2) is 12.5 Å². The van der Waals surface area contributed by atoms with Gasteiger partial charge in [-0.1, -0.05) is 55.4 Å². The van der Waals surface area contributed by atoms with Crippen molar-refractivity contribution >= 4 is 5.91 Å². The summed E-state index contributed by atoms with van der Waals surface area (Å²) in [5.74, 6) is -0.0396. The summed E-state index contributed by atoms with van der Waals surface area (Å²) in [5.41, 5.74) is 5.44. The van der Waals surface area contributed by atoms with Crippen LogP contribution in [0, 0.1) is 5.41 Å². The van der Waals surface area contributed by atoms with Gasteiger partial charge in [-0.2, -0.15) is 0 Å². The molecule has 1 amide bonds. The summed E-state index contributed by atoms with van der Waals surface area (Å²) >= 11 is 0. The smallest absolute Gasteiger partial charge is 0.244 e. The second-order valence-corrected chi connectivity index (χ2v) is 7.32. The lowest BCUT2D eigenvalue weighted by Gasteiger charge is -2.32. The van der Waals surface area contributed by atoms with E-state index in [1.807, 2.05) is 26.0 Å². The van der Waals surface area contributed by atoms with Gasteiger partial charge in [0, 0.05) is 12.6 Å². The Morgan fingerprint density at radius 2 is 1.92 bits per heavy atom. The van der Waals surface area contributed by atoms with Gasteiger partial charge in [-0.25, -0.2) is 0 Å². The molecule has 1 rings (SSSR count). The molecular weight excluding hydrogens is 294 g/mol. The van der Waals surface area contributed by atoms with Gasteiger partial charge in [0.15, 0.2) is 0 Å². The molecule has 0 heterocycles. The van der Waals surface area contributed by atoms with E-state index in [4.69, 9.17) is 0 Å². The van der Waals surface area contributed by atoms with E-state index in [9.17, 15) is 4.79 Å². The van der Waals surface area contributed by atoms with Crippen molar-refractivity contribution in [3.8, 4) is 0 Å². The zero-order valence-electron chi connectivity index (χ0n) is 16.2. The number of carbonyl (C=O) groups is 1. The number of nitrogens with one attached hydrogen (secondary N) is 1. The van der Waals surface area contributed by atoms with Gasteiger partial charge < -0.3 is 5.32 Å². The van der Waals surface area contributed by atoms with Crippen molar-refractivity contribution in [3.05, 3.63) is 58.7 Å². The highest BCUT2D eigenvalue weighted by atomic mass is 16.1. The van der Waals surface area contributed by atoms with Crippen molar-refractivity contribution in [2.45, 2.75) is 60.8 Å². The second-order valence-electron chi connectivity index (χ2n) is 7.32. The Hall–Kier alpha value is -1.83. The van der Waals surface area contributed by atoms with E-state index in [1.54, 1.807) is 6.08 Å². The predicted octanol–water partition coefficient (Wildman–Crippen LogP) is 5.65. The summed E-state index contributed by atoms with van der Waals surface area (Å²) in [6, 6.07) is 0. The van der Waals surface area contributed by atoms with E-state index in [0.717, 1.165) is 5.57 Å². The van der Waals surface area contributed by atoms with Crippen LogP contribution in [0.15, 0.2) is 58.7 Å². The maximum atomic E-state index is 11.5. The van der Waals surface area contributed by atoms with Crippen LogP contribution in [0.5, 0.6) is 0 Å². The topological polar surface area (TPSA) is 29.1 Å². The zero-order valence-corrected chi connectivity index (χ0v) is 16.2. The van der Waals surface area contributed by atoms with Crippen LogP contribution in [0.4, 0.5) is 0 Å². The van der Waals surface area contributed by atoms with E-state index in [-0.39, 0.29) is 11.3 Å². The minimum Gasteiger partial charge on any atom is -0.353 e. The molecule has 0 radical (unpaired) electrons. The third-order valence-electron chi connectivity index (χ3n) is 4.48. The van der Waals surface area contributed by atoms with Crippen molar-refractivity contribution < 1.29 is 4.79 Å². The maximum absolute atomic E-state index is 11.5. The van der Waals surface area contributed by atoms with E-state index in [0.29, 0.717) is 6.54 Å². The Labute approximate surface area is 148 Å². The van der Waals surface area contributed by atoms with Gasteiger partial charge in [-0.3, -0.25) is 4.79 Å². The van der Waals surface area contributed by atoms with E-state index in [1.165, 1.54) is 36.0 Å². The molecule has 0 aromatic heterocycles. The Morgan fingerprint density at radius 3 is 2.54 bits per heavy atom. The number of hydrogen-bond acceptors (Lipinski definition) is 1. The molecule has 0 bridgehead atoms. The second kappa shape index (κ2) is 9.46. The molecule has 2 heteroatoms. The van der Waals surface area contributed by atoms with Crippen LogP contribution in [0.3, 0.4) is 0 Å². The summed E-state index contributed by atoms with van der Waals surface area (Å²) in [7, 11) is 0. The van der Waals surface area contributed by atoms with Crippen LogP contribution in [-0.2, 0) is 4.79 Å². The molecule has 0 saturated carbocycles. The first kappa shape index (κ1) is 20.2. The minimum absolute atomic E-state index is 0.0396. The molecule has 1 aliphatic rings. The first-order valence-corrected chi connectivity index (χ1v) is 8.95. The van der Waals surface area contributed by atoms with E-state index in [2.05, 4.69) is 51.2 Å². The summed E-state index contributed by atoms with van der Waals surface area (Å²) in [4.78, 5) is 11.5. The molecule has 0 aromatic rings. The molecule has 0 spiro atoms. The van der Waals surface area contributed by atoms with Gasteiger partial charge in [-0.05, 0) is 63.5 Å². The molecule has 132 valence electrons. The first-order chi connectivity index (χ1) is 11.3. The van der Waals surface area contributed by atoms with Crippen molar-refractivity contribution in [3.63, 3.8) is 0 Å². The largest absolute Gasteiger partial charge is 0.353 e. The molecule has 0 aromatic carbocycles. The molecule has 0 atom stereocenters. The number of carbonyl (C=O) groups excluding carboxylic acids is 1. The van der Waals surface area contributed by atoms with Crippen molar-refractivity contribution in [1.29, 1.82) is 0 Å². The van der Waals surface area contributed by atoms with Gasteiger partial charge in [0.1, 0.15) is 0 Å². The molecular formula is C22H33NO. The Kier molecular flexibility index (Phi) is 7.97. The maximum Gasteiger partial charge on any atom is 0.244 e. The van der Waals surface area contributed by atoms with Crippen molar-refractivity contribution in [1.82, 2.24) is 5.32 Å². The monoisotopic (exact) mass is 327 g/mol. The Morgan fingerprint density at radius 1 is 1.21 bits per heavy atom. The summed E-state index contributed by atoms with van der Waals surface area (Å²) in [6.07, 6.45) is 15.9. The van der Waals surface area contributed by atoms with E-state index >= 15 is 0 Å². The fourth-order valence-corrected chi connectivity index (χ4v) is 3.11. The van der Waals surface area contributed by atoms with Crippen LogP contribution in [0.1, 0.15) is 60.8 Å². The van der Waals surface area contributed by atoms with Crippen molar-refractivity contribution in [2.24, 2.45) is 5.41 Å². The van der Waals surface area contributed by atoms with Gasteiger partial charge in [0.25, 0.3) is 0 Å². The molecule has 0 fully saturated rings. The van der Waals surface area contributed by atoms with Crippen LogP contribution >= 0.6 is 0 Å². The highest BCUT2D eigenvalue weighted by Crippen LogP contribution is 2.40. The third-order valence-corrected chi connectivity index (χ3v) is 4.48. The standard InChI is InChI=1S/C22H33NO/c1-7-23-21(24)16-18(3)11-8-10-17(2)13-14-20-19(4)12-9-15-22(20,5)6/h8,10-11,13-14,16H,7,9,12,15H2,1-6H3,(H,23,24)/b11-8+,14-13+,17-10+,18-16+. The number of rotatable bonds is 6. The lowest BCUT2D eigenvalue weighted by atomic mass is 9.72. The van der Waals surface area contributed by atoms with Gasteiger partial charge >= 0.3 is 0 Å². The van der Waals surface area contributed by atoms with Gasteiger partial charge in [0.2, 0.25) is 5.91 Å². The average molecular weight is 328 g/mol. The highest BCUT2D eigenvalue weighted by molar-refractivity contribution is 5.88. The number of hydrogen-bond donors (Lipinski definition) is 1. The molecule has 0 saturated heterocycles. The first-order valence-electron chi connectivity index (χ1n) is 8.95. The van der Waals surface area contributed by atoms with Crippen LogP contribution in [0.25, 0.3) is 0 Å². The fraction of sp³-hybridized carbons (Fsp3) is 0.500. The minimum atomic E-state index is -0.0396. The van der Waals surface area contributed by atoms with Gasteiger partial charge in [-0.15, -0.1) is 0 Å². The van der Waals surface area contributed by atoms with E-state index < -0.39 is 0 Å². The van der Waals surface area contributed by atoms with Crippen LogP contribution in [0.2, 0.25) is 0 Å². The molecule has 1 N–H and O–H groups in total. The number of likely N-dealkylation sites (N-methyl/N-ethyl adjacent to an activating group) is 1. The zero-order chi connectivity index (χ0) is 18.2. The lowest BCUT2D eigenvalue weighted by Crippen LogP contribution is -2.20. The molecule has 24 heavy (non-hydrogen) atoms. The fourth-order valence-electron chi connectivity index (χ4n) is 3.11. The normalized spacial score (nSPS) is 19.4. The number of allylic oxidation sites excluding steroid dienone is 9. The predicted molar refractivity (Wildman–Crippen MR) is 105 cm³/mol. The molecule has 0 aliphatic heterocycles. The average Bonchev–Trinajstić information content (AvgIpc) is 2.46. The SMILES string of the molecule is CCNC(=O)/C=C(C)/C=C/C=C(C)/C=C/C1=C(C)CCCC1(C)C.